The number of hydrogen-bond donors (Lipinski definition) is 0. The first-order valence-electron chi connectivity index (χ1n) is 9.27. The van der Waals surface area contributed by atoms with Crippen LogP contribution in [0.2, 0.25) is 0 Å². The summed E-state index contributed by atoms with van der Waals surface area (Å²) in [5, 5.41) is 0. The molecule has 0 aromatic carbocycles. The van der Waals surface area contributed by atoms with Crippen LogP contribution in [0.15, 0.2) is 55.2 Å². The second-order valence-corrected chi connectivity index (χ2v) is 7.05. The number of halogens is 1. The minimum atomic E-state index is -0.497. The van der Waals surface area contributed by atoms with E-state index < -0.39 is 12.2 Å². The van der Waals surface area contributed by atoms with E-state index >= 15 is 0 Å². The van der Waals surface area contributed by atoms with Crippen molar-refractivity contribution < 1.29 is 9.18 Å². The van der Waals surface area contributed by atoms with Gasteiger partial charge in [0.25, 0.3) is 5.91 Å². The lowest BCUT2D eigenvalue weighted by Crippen LogP contribution is -2.53. The van der Waals surface area contributed by atoms with Crippen LogP contribution in [0.1, 0.15) is 22.6 Å². The van der Waals surface area contributed by atoms with E-state index in [9.17, 15) is 9.18 Å². The summed E-state index contributed by atoms with van der Waals surface area (Å²) in [6, 6.07) is 7.85. The van der Waals surface area contributed by atoms with Gasteiger partial charge in [0.05, 0.1) is 17.6 Å². The van der Waals surface area contributed by atoms with Crippen molar-refractivity contribution in [2.24, 2.45) is 0 Å². The number of hydrogen-bond acceptors (Lipinski definition) is 5. The van der Waals surface area contributed by atoms with E-state index in [1.165, 1.54) is 12.4 Å². The van der Waals surface area contributed by atoms with Crippen LogP contribution in [-0.2, 0) is 5.54 Å². The fourth-order valence-corrected chi connectivity index (χ4v) is 4.49. The Kier molecular flexibility index (Phi) is 3.85. The number of alkyl halides is 1. The molecular formula is C20H19FN6O. The van der Waals surface area contributed by atoms with Crippen LogP contribution in [0.25, 0.3) is 5.82 Å². The quantitative estimate of drug-likeness (QED) is 0.699. The van der Waals surface area contributed by atoms with Gasteiger partial charge < -0.3 is 14.4 Å². The van der Waals surface area contributed by atoms with Gasteiger partial charge in [0, 0.05) is 44.4 Å². The highest BCUT2D eigenvalue weighted by Crippen LogP contribution is 2.46. The lowest BCUT2D eigenvalue weighted by molar-refractivity contribution is 0.0775. The molecule has 2 aliphatic rings. The average molecular weight is 378 g/mol. The number of amides is 1. The van der Waals surface area contributed by atoms with Gasteiger partial charge in [0.15, 0.2) is 5.82 Å². The maximum Gasteiger partial charge on any atom is 0.274 e. The van der Waals surface area contributed by atoms with Crippen molar-refractivity contribution in [1.82, 2.24) is 24.4 Å². The number of nitrogens with zero attached hydrogens (tertiary/aromatic N) is 6. The predicted octanol–water partition coefficient (Wildman–Crippen LogP) is 2.19. The molecule has 142 valence electrons. The van der Waals surface area contributed by atoms with E-state index in [-0.39, 0.29) is 12.5 Å². The molecule has 1 amide bonds. The van der Waals surface area contributed by atoms with E-state index in [0.717, 1.165) is 17.2 Å². The summed E-state index contributed by atoms with van der Waals surface area (Å²) >= 11 is 0. The van der Waals surface area contributed by atoms with Crippen molar-refractivity contribution in [3.05, 3.63) is 66.6 Å². The average Bonchev–Trinajstić information content (AvgIpc) is 3.40. The van der Waals surface area contributed by atoms with Gasteiger partial charge >= 0.3 is 0 Å². The van der Waals surface area contributed by atoms with Crippen LogP contribution in [0.5, 0.6) is 0 Å². The lowest BCUT2D eigenvalue weighted by atomic mass is 9.89. The van der Waals surface area contributed by atoms with Crippen LogP contribution in [-0.4, -0.2) is 56.6 Å². The van der Waals surface area contributed by atoms with Crippen LogP contribution >= 0.6 is 0 Å². The van der Waals surface area contributed by atoms with Crippen molar-refractivity contribution in [1.29, 1.82) is 0 Å². The van der Waals surface area contributed by atoms with Crippen LogP contribution in [0.4, 0.5) is 10.1 Å². The summed E-state index contributed by atoms with van der Waals surface area (Å²) in [6.07, 6.45) is 8.97. The summed E-state index contributed by atoms with van der Waals surface area (Å²) in [4.78, 5) is 29.5. The van der Waals surface area contributed by atoms with Crippen molar-refractivity contribution in [2.45, 2.75) is 12.0 Å². The number of pyridine rings is 1. The molecule has 3 aromatic heterocycles. The Balaban J connectivity index is 1.58. The number of likely N-dealkylation sites (tertiary alicyclic amines) is 1. The molecule has 8 heteroatoms. The zero-order chi connectivity index (χ0) is 19.1. The highest BCUT2D eigenvalue weighted by molar-refractivity contribution is 5.92. The predicted molar refractivity (Wildman–Crippen MR) is 101 cm³/mol. The Morgan fingerprint density at radius 3 is 2.93 bits per heavy atom. The van der Waals surface area contributed by atoms with Crippen LogP contribution in [0, 0.1) is 0 Å². The summed E-state index contributed by atoms with van der Waals surface area (Å²) in [7, 11) is 0. The highest BCUT2D eigenvalue weighted by Gasteiger charge is 2.50. The zero-order valence-electron chi connectivity index (χ0n) is 15.2. The molecule has 0 aliphatic carbocycles. The maximum atomic E-state index is 13.6. The van der Waals surface area contributed by atoms with Gasteiger partial charge in [-0.05, 0) is 30.7 Å². The third kappa shape index (κ3) is 2.33. The van der Waals surface area contributed by atoms with Crippen molar-refractivity contribution in [2.75, 3.05) is 31.2 Å². The number of carbonyl (C=O) groups excluding carboxylic acids is 1. The molecule has 7 nitrogen and oxygen atoms in total. The van der Waals surface area contributed by atoms with Gasteiger partial charge in [-0.1, -0.05) is 0 Å². The molecule has 2 aliphatic heterocycles. The number of fused-ring (bicyclic) bond motifs is 4. The third-order valence-corrected chi connectivity index (χ3v) is 5.65. The standard InChI is InChI=1S/C20H19FN6O/c21-6-12-27-16-3-1-7-24-18(16)26-10-2-4-17(26)20(27)5-11-25(14-20)19(28)15-13-22-8-9-23-15/h1-4,7-10,13H,5-6,11-12,14H2. The molecule has 1 saturated heterocycles. The van der Waals surface area contributed by atoms with E-state index in [1.54, 1.807) is 17.3 Å². The normalized spacial score (nSPS) is 20.3. The third-order valence-electron chi connectivity index (χ3n) is 5.65. The molecule has 5 rings (SSSR count). The monoisotopic (exact) mass is 378 g/mol. The Hall–Kier alpha value is -3.29. The van der Waals surface area contributed by atoms with E-state index in [4.69, 9.17) is 0 Å². The molecule has 1 unspecified atom stereocenters. The topological polar surface area (TPSA) is 67.2 Å². The molecular weight excluding hydrogens is 359 g/mol. The van der Waals surface area contributed by atoms with Crippen LogP contribution in [0.3, 0.4) is 0 Å². The minimum Gasteiger partial charge on any atom is -0.353 e. The highest BCUT2D eigenvalue weighted by atomic mass is 19.1. The lowest BCUT2D eigenvalue weighted by Gasteiger charge is -2.46. The first-order valence-corrected chi connectivity index (χ1v) is 9.27. The molecule has 1 fully saturated rings. The molecule has 0 radical (unpaired) electrons. The first kappa shape index (κ1) is 16.9. The Morgan fingerprint density at radius 2 is 2.11 bits per heavy atom. The molecule has 0 N–H and O–H groups in total. The van der Waals surface area contributed by atoms with Gasteiger partial charge in [-0.25, -0.2) is 14.4 Å². The Morgan fingerprint density at radius 1 is 1.18 bits per heavy atom. The maximum absolute atomic E-state index is 13.6. The Labute approximate surface area is 161 Å². The second kappa shape index (κ2) is 6.40. The fraction of sp³-hybridized carbons (Fsp3) is 0.300. The molecule has 0 bridgehead atoms. The number of carbonyl (C=O) groups is 1. The fourth-order valence-electron chi connectivity index (χ4n) is 4.49. The zero-order valence-corrected chi connectivity index (χ0v) is 15.2. The van der Waals surface area contributed by atoms with E-state index in [1.807, 2.05) is 30.5 Å². The first-order chi connectivity index (χ1) is 13.7. The van der Waals surface area contributed by atoms with Gasteiger partial charge in [-0.2, -0.15) is 0 Å². The van der Waals surface area contributed by atoms with Crippen molar-refractivity contribution in [3.63, 3.8) is 0 Å². The van der Waals surface area contributed by atoms with Gasteiger partial charge in [0.2, 0.25) is 0 Å². The SMILES string of the molecule is O=C(c1cnccn1)N1CCC2(C1)c1cccn1-c1ncccc1N2CCF. The summed E-state index contributed by atoms with van der Waals surface area (Å²) in [5.74, 6) is 0.639. The molecule has 28 heavy (non-hydrogen) atoms. The van der Waals surface area contributed by atoms with Crippen molar-refractivity contribution in [3.8, 4) is 5.82 Å². The van der Waals surface area contributed by atoms with E-state index in [0.29, 0.717) is 25.2 Å². The minimum absolute atomic E-state index is 0.153. The number of rotatable bonds is 3. The second-order valence-electron chi connectivity index (χ2n) is 7.05. The van der Waals surface area contributed by atoms with Gasteiger partial charge in [-0.15, -0.1) is 0 Å². The molecule has 1 atom stereocenters. The number of anilines is 1. The molecule has 3 aromatic rings. The van der Waals surface area contributed by atoms with Gasteiger partial charge in [0.1, 0.15) is 17.9 Å². The summed E-state index contributed by atoms with van der Waals surface area (Å²) in [5.41, 5.74) is 1.74. The number of aromatic nitrogens is 4. The molecule has 1 spiro atoms. The largest absolute Gasteiger partial charge is 0.353 e. The van der Waals surface area contributed by atoms with Gasteiger partial charge in [-0.3, -0.25) is 9.78 Å². The molecule has 0 saturated carbocycles. The van der Waals surface area contributed by atoms with Crippen molar-refractivity contribution >= 4 is 11.6 Å². The van der Waals surface area contributed by atoms with Crippen LogP contribution < -0.4 is 4.90 Å². The van der Waals surface area contributed by atoms with E-state index in [2.05, 4.69) is 24.4 Å². The smallest absolute Gasteiger partial charge is 0.274 e. The summed E-state index contributed by atoms with van der Waals surface area (Å²) < 4.78 is 15.6. The molecule has 5 heterocycles. The summed E-state index contributed by atoms with van der Waals surface area (Å²) in [6.45, 7) is 0.797. The Bertz CT molecular complexity index is 1020.